The van der Waals surface area contributed by atoms with Crippen LogP contribution in [-0.2, 0) is 4.79 Å². The molecule has 4 aromatic rings. The minimum atomic E-state index is -0.232. The summed E-state index contributed by atoms with van der Waals surface area (Å²) in [6.45, 7) is 1.87. The molecule has 3 heterocycles. The number of hydrogen-bond acceptors (Lipinski definition) is 5. The number of benzene rings is 2. The minimum absolute atomic E-state index is 0.232. The highest BCUT2D eigenvalue weighted by Gasteiger charge is 2.34. The molecule has 0 atom stereocenters. The molecule has 0 fully saturated rings. The number of halogens is 1. The number of amides is 1. The van der Waals surface area contributed by atoms with Crippen molar-refractivity contribution in [3.05, 3.63) is 99.2 Å². The van der Waals surface area contributed by atoms with Crippen LogP contribution in [0.3, 0.4) is 0 Å². The van der Waals surface area contributed by atoms with Crippen LogP contribution in [0.15, 0.2) is 91.7 Å². The lowest BCUT2D eigenvalue weighted by Gasteiger charge is -2.06. The maximum Gasteiger partial charge on any atom is 0.283 e. The molecule has 0 spiro atoms. The fourth-order valence-corrected chi connectivity index (χ4v) is 4.32. The van der Waals surface area contributed by atoms with E-state index in [1.165, 1.54) is 16.3 Å². The summed E-state index contributed by atoms with van der Waals surface area (Å²) in [7, 11) is 0. The molecule has 7 heteroatoms. The largest absolute Gasteiger partial charge is 0.462 e. The lowest BCUT2D eigenvalue weighted by Crippen LogP contribution is -2.21. The minimum Gasteiger partial charge on any atom is -0.462 e. The standard InChI is InChI=1S/C24H16BrN3O2S/c1-15-7-12-19(30-15)13-20-22(17-5-3-2-4-6-17)27-28(23(20)29)24-26-21(14-31-24)16-8-10-18(25)11-9-16/h2-14H,1H3. The number of hydrazone groups is 1. The summed E-state index contributed by atoms with van der Waals surface area (Å²) in [4.78, 5) is 18.0. The van der Waals surface area contributed by atoms with Crippen molar-refractivity contribution < 1.29 is 9.21 Å². The van der Waals surface area contributed by atoms with Crippen LogP contribution in [0.1, 0.15) is 17.1 Å². The van der Waals surface area contributed by atoms with E-state index in [0.29, 0.717) is 22.2 Å². The van der Waals surface area contributed by atoms with Gasteiger partial charge in [-0.3, -0.25) is 4.79 Å². The molecule has 152 valence electrons. The van der Waals surface area contributed by atoms with E-state index < -0.39 is 0 Å². The van der Waals surface area contributed by atoms with Gasteiger partial charge in [-0.15, -0.1) is 11.3 Å². The number of rotatable bonds is 4. The van der Waals surface area contributed by atoms with Crippen LogP contribution >= 0.6 is 27.3 Å². The molecule has 5 rings (SSSR count). The number of furan rings is 1. The van der Waals surface area contributed by atoms with Crippen LogP contribution in [-0.4, -0.2) is 16.6 Å². The second-order valence-electron chi connectivity index (χ2n) is 6.96. The van der Waals surface area contributed by atoms with Crippen molar-refractivity contribution in [3.8, 4) is 11.3 Å². The Morgan fingerprint density at radius 3 is 2.48 bits per heavy atom. The predicted molar refractivity (Wildman–Crippen MR) is 127 cm³/mol. The molecule has 0 aliphatic carbocycles. The Hall–Kier alpha value is -3.29. The third-order valence-corrected chi connectivity index (χ3v) is 6.13. The van der Waals surface area contributed by atoms with Crippen LogP contribution in [0.2, 0.25) is 0 Å². The Labute approximate surface area is 191 Å². The van der Waals surface area contributed by atoms with Crippen LogP contribution in [0, 0.1) is 6.92 Å². The van der Waals surface area contributed by atoms with Crippen molar-refractivity contribution in [2.75, 3.05) is 5.01 Å². The van der Waals surface area contributed by atoms with Crippen molar-refractivity contribution in [2.24, 2.45) is 5.10 Å². The van der Waals surface area contributed by atoms with Crippen molar-refractivity contribution in [3.63, 3.8) is 0 Å². The van der Waals surface area contributed by atoms with Gasteiger partial charge in [0.05, 0.1) is 11.3 Å². The van der Waals surface area contributed by atoms with Crippen LogP contribution in [0.25, 0.3) is 17.3 Å². The first-order valence-electron chi connectivity index (χ1n) is 9.57. The van der Waals surface area contributed by atoms with Crippen molar-refractivity contribution in [1.29, 1.82) is 0 Å². The summed E-state index contributed by atoms with van der Waals surface area (Å²) < 4.78 is 6.67. The van der Waals surface area contributed by atoms with Gasteiger partial charge in [-0.05, 0) is 37.3 Å². The third kappa shape index (κ3) is 3.89. The Balaban J connectivity index is 1.55. The molecule has 0 unspecified atom stereocenters. The molecule has 1 aliphatic rings. The second kappa shape index (κ2) is 8.09. The molecule has 0 saturated carbocycles. The summed E-state index contributed by atoms with van der Waals surface area (Å²) in [5, 5.41) is 8.47. The molecule has 0 saturated heterocycles. The maximum absolute atomic E-state index is 13.4. The smallest absolute Gasteiger partial charge is 0.283 e. The third-order valence-electron chi connectivity index (χ3n) is 4.79. The van der Waals surface area contributed by atoms with E-state index in [4.69, 9.17) is 4.42 Å². The van der Waals surface area contributed by atoms with Gasteiger partial charge in [0.2, 0.25) is 5.13 Å². The lowest BCUT2D eigenvalue weighted by molar-refractivity contribution is -0.114. The summed E-state index contributed by atoms with van der Waals surface area (Å²) in [6.07, 6.45) is 1.74. The van der Waals surface area contributed by atoms with E-state index >= 15 is 0 Å². The average Bonchev–Trinajstić information content (AvgIpc) is 3.50. The topological polar surface area (TPSA) is 58.7 Å². The molecule has 5 nitrogen and oxygen atoms in total. The molecular formula is C24H16BrN3O2S. The average molecular weight is 490 g/mol. The number of aryl methyl sites for hydroxylation is 1. The quantitative estimate of drug-likeness (QED) is 0.315. The van der Waals surface area contributed by atoms with E-state index in [1.54, 1.807) is 6.08 Å². The monoisotopic (exact) mass is 489 g/mol. The van der Waals surface area contributed by atoms with E-state index in [-0.39, 0.29) is 5.91 Å². The van der Waals surface area contributed by atoms with Gasteiger partial charge in [-0.25, -0.2) is 4.98 Å². The van der Waals surface area contributed by atoms with Crippen LogP contribution < -0.4 is 5.01 Å². The van der Waals surface area contributed by atoms with Gasteiger partial charge in [-0.2, -0.15) is 10.1 Å². The van der Waals surface area contributed by atoms with E-state index in [9.17, 15) is 4.79 Å². The number of thiazole rings is 1. The molecule has 2 aromatic heterocycles. The first-order chi connectivity index (χ1) is 15.1. The van der Waals surface area contributed by atoms with Gasteiger partial charge in [0.25, 0.3) is 5.91 Å². The number of carbonyl (C=O) groups is 1. The number of aromatic nitrogens is 1. The zero-order valence-corrected chi connectivity index (χ0v) is 18.9. The van der Waals surface area contributed by atoms with Gasteiger partial charge in [0, 0.05) is 21.0 Å². The van der Waals surface area contributed by atoms with E-state index in [1.807, 2.05) is 79.0 Å². The number of carbonyl (C=O) groups excluding carboxylic acids is 1. The Morgan fingerprint density at radius 2 is 1.77 bits per heavy atom. The Kier molecular flexibility index (Phi) is 5.13. The number of hydrogen-bond donors (Lipinski definition) is 0. The molecule has 0 radical (unpaired) electrons. The highest BCUT2D eigenvalue weighted by molar-refractivity contribution is 9.10. The Morgan fingerprint density at radius 1 is 1.00 bits per heavy atom. The lowest BCUT2D eigenvalue weighted by atomic mass is 10.0. The van der Waals surface area contributed by atoms with Gasteiger partial charge in [0.15, 0.2) is 0 Å². The van der Waals surface area contributed by atoms with Crippen LogP contribution in [0.4, 0.5) is 5.13 Å². The molecule has 0 N–H and O–H groups in total. The SMILES string of the molecule is Cc1ccc(C=C2C(=O)N(c3nc(-c4ccc(Br)cc4)cs3)N=C2c2ccccc2)o1. The summed E-state index contributed by atoms with van der Waals surface area (Å²) >= 11 is 4.83. The van der Waals surface area contributed by atoms with Crippen molar-refractivity contribution in [2.45, 2.75) is 6.92 Å². The highest BCUT2D eigenvalue weighted by Crippen LogP contribution is 2.33. The molecule has 0 bridgehead atoms. The van der Waals surface area contributed by atoms with Crippen LogP contribution in [0.5, 0.6) is 0 Å². The number of anilines is 1. The highest BCUT2D eigenvalue weighted by atomic mass is 79.9. The normalized spacial score (nSPS) is 15.0. The summed E-state index contributed by atoms with van der Waals surface area (Å²) in [5.74, 6) is 1.16. The molecule has 1 aliphatic heterocycles. The van der Waals surface area contributed by atoms with Gasteiger partial charge in [-0.1, -0.05) is 58.4 Å². The number of nitrogens with zero attached hydrogens (tertiary/aromatic N) is 3. The van der Waals surface area contributed by atoms with Crippen molar-refractivity contribution >= 4 is 50.1 Å². The first-order valence-corrected chi connectivity index (χ1v) is 11.2. The zero-order chi connectivity index (χ0) is 21.4. The van der Waals surface area contributed by atoms with Gasteiger partial charge in [0.1, 0.15) is 17.2 Å². The molecule has 31 heavy (non-hydrogen) atoms. The van der Waals surface area contributed by atoms with E-state index in [2.05, 4.69) is 26.0 Å². The molecule has 1 amide bonds. The molecular weight excluding hydrogens is 474 g/mol. The summed E-state index contributed by atoms with van der Waals surface area (Å²) in [5.41, 5.74) is 3.71. The van der Waals surface area contributed by atoms with Crippen molar-refractivity contribution in [1.82, 2.24) is 4.98 Å². The van der Waals surface area contributed by atoms with Gasteiger partial charge < -0.3 is 4.42 Å². The Bertz CT molecular complexity index is 1320. The fraction of sp³-hybridized carbons (Fsp3) is 0.0417. The predicted octanol–water partition coefficient (Wildman–Crippen LogP) is 6.31. The fourth-order valence-electron chi connectivity index (χ4n) is 3.27. The second-order valence-corrected chi connectivity index (χ2v) is 8.71. The van der Waals surface area contributed by atoms with Gasteiger partial charge >= 0.3 is 0 Å². The first kappa shape index (κ1) is 19.7. The zero-order valence-electron chi connectivity index (χ0n) is 16.4. The summed E-state index contributed by atoms with van der Waals surface area (Å²) in [6, 6.07) is 21.3. The van der Waals surface area contributed by atoms with E-state index in [0.717, 1.165) is 27.1 Å². The molecule has 2 aromatic carbocycles. The maximum atomic E-state index is 13.4.